The number of nitrogens with zero attached hydrogens (tertiary/aromatic N) is 3. The van der Waals surface area contributed by atoms with Gasteiger partial charge in [-0.15, -0.1) is 0 Å². The number of furan rings is 1. The van der Waals surface area contributed by atoms with Crippen LogP contribution in [0.4, 0.5) is 0 Å². The number of primary amides is 1. The van der Waals surface area contributed by atoms with Crippen LogP contribution in [-0.2, 0) is 11.3 Å². The zero-order valence-electron chi connectivity index (χ0n) is 11.0. The van der Waals surface area contributed by atoms with E-state index in [4.69, 9.17) is 10.2 Å². The number of amides is 1. The van der Waals surface area contributed by atoms with Crippen LogP contribution in [0.2, 0.25) is 0 Å². The summed E-state index contributed by atoms with van der Waals surface area (Å²) in [5.74, 6) is -0.617. The predicted octanol–water partition coefficient (Wildman–Crippen LogP) is 0.640. The number of hydrogen-bond acceptors (Lipinski definition) is 5. The summed E-state index contributed by atoms with van der Waals surface area (Å²) >= 11 is 0. The van der Waals surface area contributed by atoms with Crippen LogP contribution in [0.25, 0.3) is 22.2 Å². The Morgan fingerprint density at radius 2 is 2.20 bits per heavy atom. The topological polar surface area (TPSA) is 104 Å². The number of nitrogens with two attached hydrogens (primary N) is 1. The highest BCUT2D eigenvalue weighted by Gasteiger charge is 2.15. The Hall–Kier alpha value is -2.70. The zero-order chi connectivity index (χ0) is 14.4. The molecule has 1 amide bonds. The lowest BCUT2D eigenvalue weighted by molar-refractivity contribution is -0.118. The van der Waals surface area contributed by atoms with Crippen molar-refractivity contribution < 1.29 is 9.21 Å². The van der Waals surface area contributed by atoms with Crippen LogP contribution in [0.3, 0.4) is 0 Å². The molecule has 7 heteroatoms. The molecule has 0 bridgehead atoms. The number of aryl methyl sites for hydroxylation is 2. The molecule has 0 spiro atoms. The molecule has 0 saturated carbocycles. The quantitative estimate of drug-likeness (QED) is 0.737. The molecule has 3 heterocycles. The average Bonchev–Trinajstić information content (AvgIpc) is 2.72. The van der Waals surface area contributed by atoms with E-state index in [9.17, 15) is 9.59 Å². The molecule has 0 unspecified atom stereocenters. The maximum absolute atomic E-state index is 12.2. The monoisotopic (exact) mass is 272 g/mol. The third-order valence-electron chi connectivity index (χ3n) is 3.21. The van der Waals surface area contributed by atoms with E-state index in [1.807, 2.05) is 19.9 Å². The Balaban J connectivity index is 2.36. The van der Waals surface area contributed by atoms with E-state index in [2.05, 4.69) is 9.97 Å². The number of aromatic nitrogens is 3. The Kier molecular flexibility index (Phi) is 2.56. The first kappa shape index (κ1) is 12.3. The Morgan fingerprint density at radius 1 is 1.45 bits per heavy atom. The molecule has 3 rings (SSSR count). The molecule has 3 aromatic rings. The molecule has 0 atom stereocenters. The average molecular weight is 272 g/mol. The number of hydrogen-bond donors (Lipinski definition) is 1. The molecular weight excluding hydrogens is 260 g/mol. The first-order valence-corrected chi connectivity index (χ1v) is 6.01. The lowest BCUT2D eigenvalue weighted by Gasteiger charge is -2.00. The summed E-state index contributed by atoms with van der Waals surface area (Å²) in [5, 5.41) is 0.687. The van der Waals surface area contributed by atoms with Gasteiger partial charge in [0.15, 0.2) is 0 Å². The van der Waals surface area contributed by atoms with Gasteiger partial charge in [-0.25, -0.2) is 9.97 Å². The standard InChI is InChI=1S/C13H12N4O3/c1-6-3-8-10-11(20-12(8)16-7(6)2)13(19)17(5-15-10)4-9(14)18/h3,5H,4H2,1-2H3,(H2,14,18). The number of rotatable bonds is 2. The van der Waals surface area contributed by atoms with Crippen LogP contribution in [0.5, 0.6) is 0 Å². The Morgan fingerprint density at radius 3 is 2.90 bits per heavy atom. The van der Waals surface area contributed by atoms with Crippen LogP contribution in [0, 0.1) is 13.8 Å². The SMILES string of the molecule is Cc1cc2c(nc1C)oc1c(=O)n(CC(N)=O)cnc12. The lowest BCUT2D eigenvalue weighted by Crippen LogP contribution is -2.27. The zero-order valence-corrected chi connectivity index (χ0v) is 11.0. The molecule has 2 N–H and O–H groups in total. The molecule has 0 fully saturated rings. The van der Waals surface area contributed by atoms with Gasteiger partial charge >= 0.3 is 0 Å². The molecule has 0 saturated heterocycles. The van der Waals surface area contributed by atoms with Crippen LogP contribution in [-0.4, -0.2) is 20.4 Å². The lowest BCUT2D eigenvalue weighted by atomic mass is 10.2. The van der Waals surface area contributed by atoms with Gasteiger partial charge in [0.2, 0.25) is 17.2 Å². The fourth-order valence-corrected chi connectivity index (χ4v) is 2.06. The molecule has 0 radical (unpaired) electrons. The van der Waals surface area contributed by atoms with E-state index in [0.717, 1.165) is 15.8 Å². The normalized spacial score (nSPS) is 11.3. The number of fused-ring (bicyclic) bond motifs is 3. The van der Waals surface area contributed by atoms with Gasteiger partial charge in [0.05, 0.1) is 11.7 Å². The molecule has 7 nitrogen and oxygen atoms in total. The fraction of sp³-hybridized carbons (Fsp3) is 0.231. The molecule has 0 aromatic carbocycles. The van der Waals surface area contributed by atoms with Gasteiger partial charge in [-0.2, -0.15) is 0 Å². The van der Waals surface area contributed by atoms with Crippen molar-refractivity contribution in [2.75, 3.05) is 0 Å². The second kappa shape index (κ2) is 4.16. The maximum atomic E-state index is 12.2. The van der Waals surface area contributed by atoms with Crippen molar-refractivity contribution in [2.45, 2.75) is 20.4 Å². The van der Waals surface area contributed by atoms with E-state index in [1.165, 1.54) is 6.33 Å². The Labute approximate surface area is 113 Å². The van der Waals surface area contributed by atoms with Gasteiger partial charge < -0.3 is 10.2 Å². The third-order valence-corrected chi connectivity index (χ3v) is 3.21. The second-order valence-electron chi connectivity index (χ2n) is 4.67. The summed E-state index contributed by atoms with van der Waals surface area (Å²) in [5.41, 5.74) is 7.35. The predicted molar refractivity (Wildman–Crippen MR) is 72.2 cm³/mol. The summed E-state index contributed by atoms with van der Waals surface area (Å²) in [4.78, 5) is 31.6. The number of carbonyl (C=O) groups is 1. The largest absolute Gasteiger partial charge is 0.430 e. The van der Waals surface area contributed by atoms with Crippen molar-refractivity contribution in [3.05, 3.63) is 34.0 Å². The molecular formula is C13H12N4O3. The Bertz CT molecular complexity index is 907. The van der Waals surface area contributed by atoms with Crippen LogP contribution >= 0.6 is 0 Å². The van der Waals surface area contributed by atoms with Crippen molar-refractivity contribution in [2.24, 2.45) is 5.73 Å². The van der Waals surface area contributed by atoms with Gasteiger partial charge in [0.1, 0.15) is 12.1 Å². The van der Waals surface area contributed by atoms with Crippen molar-refractivity contribution in [3.63, 3.8) is 0 Å². The van der Waals surface area contributed by atoms with Gasteiger partial charge in [-0.05, 0) is 25.5 Å². The smallest absolute Gasteiger partial charge is 0.297 e. The van der Waals surface area contributed by atoms with Crippen molar-refractivity contribution in [1.29, 1.82) is 0 Å². The van der Waals surface area contributed by atoms with Crippen LogP contribution in [0.15, 0.2) is 21.6 Å². The summed E-state index contributed by atoms with van der Waals surface area (Å²) < 4.78 is 6.60. The van der Waals surface area contributed by atoms with Gasteiger partial charge in [0.25, 0.3) is 5.56 Å². The second-order valence-corrected chi connectivity index (χ2v) is 4.67. The minimum Gasteiger partial charge on any atom is -0.430 e. The molecule has 0 aliphatic rings. The molecule has 20 heavy (non-hydrogen) atoms. The summed E-state index contributed by atoms with van der Waals surface area (Å²) in [7, 11) is 0. The molecule has 0 aliphatic heterocycles. The van der Waals surface area contributed by atoms with Gasteiger partial charge in [-0.3, -0.25) is 14.2 Å². The van der Waals surface area contributed by atoms with E-state index in [-0.39, 0.29) is 12.1 Å². The van der Waals surface area contributed by atoms with Crippen LogP contribution in [0.1, 0.15) is 11.3 Å². The van der Waals surface area contributed by atoms with Crippen molar-refractivity contribution >= 4 is 28.1 Å². The van der Waals surface area contributed by atoms with Crippen LogP contribution < -0.4 is 11.3 Å². The van der Waals surface area contributed by atoms with Gasteiger partial charge in [0, 0.05) is 5.69 Å². The molecule has 3 aromatic heterocycles. The van der Waals surface area contributed by atoms with E-state index in [1.54, 1.807) is 0 Å². The minimum atomic E-state index is -0.617. The first-order chi connectivity index (χ1) is 9.47. The highest BCUT2D eigenvalue weighted by molar-refractivity contribution is 6.00. The fourth-order valence-electron chi connectivity index (χ4n) is 2.06. The summed E-state index contributed by atoms with van der Waals surface area (Å²) in [6.07, 6.45) is 1.29. The highest BCUT2D eigenvalue weighted by atomic mass is 16.3. The number of pyridine rings is 1. The van der Waals surface area contributed by atoms with E-state index >= 15 is 0 Å². The van der Waals surface area contributed by atoms with Crippen molar-refractivity contribution in [1.82, 2.24) is 14.5 Å². The molecule has 0 aliphatic carbocycles. The first-order valence-electron chi connectivity index (χ1n) is 6.01. The van der Waals surface area contributed by atoms with E-state index < -0.39 is 11.5 Å². The highest BCUT2D eigenvalue weighted by Crippen LogP contribution is 2.25. The third kappa shape index (κ3) is 1.75. The van der Waals surface area contributed by atoms with Gasteiger partial charge in [-0.1, -0.05) is 0 Å². The maximum Gasteiger partial charge on any atom is 0.297 e. The summed E-state index contributed by atoms with van der Waals surface area (Å²) in [6, 6.07) is 1.88. The summed E-state index contributed by atoms with van der Waals surface area (Å²) in [6.45, 7) is 3.56. The van der Waals surface area contributed by atoms with Crippen molar-refractivity contribution in [3.8, 4) is 0 Å². The van der Waals surface area contributed by atoms with E-state index in [0.29, 0.717) is 16.6 Å². The minimum absolute atomic E-state index is 0.0845. The molecule has 102 valence electrons. The number of carbonyl (C=O) groups excluding carboxylic acids is 1.